The molecule has 0 saturated carbocycles. The number of nitrogens with one attached hydrogen (secondary N) is 1. The Morgan fingerprint density at radius 1 is 1.08 bits per heavy atom. The van der Waals surface area contributed by atoms with Crippen LogP contribution >= 0.6 is 0 Å². The molecule has 8 nitrogen and oxygen atoms in total. The molecule has 1 aromatic rings. The average molecular weight is 346 g/mol. The lowest BCUT2D eigenvalue weighted by atomic mass is 10.1. The highest BCUT2D eigenvalue weighted by atomic mass is 16.5. The van der Waals surface area contributed by atoms with E-state index in [0.717, 1.165) is 4.90 Å². The van der Waals surface area contributed by atoms with Crippen molar-refractivity contribution in [1.82, 2.24) is 10.2 Å². The van der Waals surface area contributed by atoms with Crippen molar-refractivity contribution in [1.29, 1.82) is 0 Å². The number of ether oxygens (including phenoxy) is 3. The van der Waals surface area contributed by atoms with Crippen molar-refractivity contribution >= 4 is 23.9 Å². The molecule has 0 radical (unpaired) electrons. The number of benzene rings is 1. The van der Waals surface area contributed by atoms with Crippen molar-refractivity contribution in [2.75, 3.05) is 27.9 Å². The molecule has 132 valence electrons. The Morgan fingerprint density at radius 2 is 1.76 bits per heavy atom. The van der Waals surface area contributed by atoms with E-state index in [0.29, 0.717) is 22.8 Å². The van der Waals surface area contributed by atoms with E-state index in [4.69, 9.17) is 14.2 Å². The number of methoxy groups -OCH3 is 3. The minimum absolute atomic E-state index is 0.0155. The molecule has 1 heterocycles. The van der Waals surface area contributed by atoms with Crippen molar-refractivity contribution < 1.29 is 28.6 Å². The maximum Gasteiger partial charge on any atom is 0.331 e. The highest BCUT2D eigenvalue weighted by molar-refractivity contribution is 6.31. The average Bonchev–Trinajstić information content (AvgIpc) is 2.61. The summed E-state index contributed by atoms with van der Waals surface area (Å²) in [5.41, 5.74) is 0.221. The van der Waals surface area contributed by atoms with E-state index >= 15 is 0 Å². The van der Waals surface area contributed by atoms with Gasteiger partial charge in [-0.15, -0.1) is 6.58 Å². The third kappa shape index (κ3) is 3.32. The molecule has 0 aliphatic carbocycles. The molecular weight excluding hydrogens is 328 g/mol. The smallest absolute Gasteiger partial charge is 0.331 e. The van der Waals surface area contributed by atoms with E-state index in [2.05, 4.69) is 11.9 Å². The molecule has 0 aromatic heterocycles. The van der Waals surface area contributed by atoms with Crippen LogP contribution in [0.15, 0.2) is 30.4 Å². The van der Waals surface area contributed by atoms with Crippen molar-refractivity contribution in [2.45, 2.75) is 0 Å². The first-order chi connectivity index (χ1) is 12.0. The molecule has 2 rings (SSSR count). The number of carbonyl (C=O) groups is 3. The first-order valence-electron chi connectivity index (χ1n) is 7.27. The molecule has 0 spiro atoms. The second-order valence-corrected chi connectivity index (χ2v) is 4.95. The van der Waals surface area contributed by atoms with Crippen LogP contribution in [0.25, 0.3) is 6.08 Å². The number of barbiturate groups is 1. The van der Waals surface area contributed by atoms with E-state index in [9.17, 15) is 14.4 Å². The number of urea groups is 1. The van der Waals surface area contributed by atoms with Crippen LogP contribution in [0, 0.1) is 0 Å². The van der Waals surface area contributed by atoms with Crippen LogP contribution in [-0.2, 0) is 9.59 Å². The Bertz CT molecular complexity index is 769. The Balaban J connectivity index is 2.54. The fourth-order valence-corrected chi connectivity index (χ4v) is 2.38. The van der Waals surface area contributed by atoms with Gasteiger partial charge in [0.05, 0.1) is 21.3 Å². The summed E-state index contributed by atoms with van der Waals surface area (Å²) in [5, 5.41) is 2.12. The Labute approximate surface area is 144 Å². The Morgan fingerprint density at radius 3 is 2.32 bits per heavy atom. The number of hydrogen-bond acceptors (Lipinski definition) is 6. The quantitative estimate of drug-likeness (QED) is 0.475. The first kappa shape index (κ1) is 18.1. The molecule has 25 heavy (non-hydrogen) atoms. The molecule has 8 heteroatoms. The molecule has 1 aliphatic heterocycles. The second kappa shape index (κ2) is 7.52. The summed E-state index contributed by atoms with van der Waals surface area (Å²) in [7, 11) is 4.35. The molecule has 1 saturated heterocycles. The first-order valence-corrected chi connectivity index (χ1v) is 7.27. The maximum atomic E-state index is 12.4. The summed E-state index contributed by atoms with van der Waals surface area (Å²) in [4.78, 5) is 37.2. The van der Waals surface area contributed by atoms with Crippen LogP contribution in [0.2, 0.25) is 0 Å². The topological polar surface area (TPSA) is 94.2 Å². The monoisotopic (exact) mass is 346 g/mol. The van der Waals surface area contributed by atoms with Crippen molar-refractivity contribution in [3.63, 3.8) is 0 Å². The summed E-state index contributed by atoms with van der Waals surface area (Å²) in [6.07, 6.45) is 2.73. The van der Waals surface area contributed by atoms with Crippen LogP contribution < -0.4 is 19.5 Å². The number of rotatable bonds is 6. The molecule has 1 N–H and O–H groups in total. The summed E-state index contributed by atoms with van der Waals surface area (Å²) >= 11 is 0. The van der Waals surface area contributed by atoms with Crippen LogP contribution in [0.5, 0.6) is 17.2 Å². The van der Waals surface area contributed by atoms with Gasteiger partial charge in [0.1, 0.15) is 5.57 Å². The van der Waals surface area contributed by atoms with Gasteiger partial charge in [-0.3, -0.25) is 19.8 Å². The zero-order valence-electron chi connectivity index (χ0n) is 14.1. The van der Waals surface area contributed by atoms with Gasteiger partial charge in [-0.1, -0.05) is 6.08 Å². The minimum atomic E-state index is -0.786. The van der Waals surface area contributed by atoms with Crippen LogP contribution in [0.3, 0.4) is 0 Å². The SMILES string of the molecule is C=CCN1C(=O)NC(=O)/C(=C/c2ccc(OC)c(OC)c2OC)C1=O. The fourth-order valence-electron chi connectivity index (χ4n) is 2.38. The van der Waals surface area contributed by atoms with Gasteiger partial charge in [-0.05, 0) is 18.2 Å². The van der Waals surface area contributed by atoms with Crippen molar-refractivity contribution in [3.8, 4) is 17.2 Å². The van der Waals surface area contributed by atoms with Crippen LogP contribution in [0.1, 0.15) is 5.56 Å². The number of nitrogens with zero attached hydrogens (tertiary/aromatic N) is 1. The number of amides is 4. The minimum Gasteiger partial charge on any atom is -0.493 e. The molecule has 0 atom stereocenters. The van der Waals surface area contributed by atoms with Crippen molar-refractivity contribution in [3.05, 3.63) is 35.9 Å². The van der Waals surface area contributed by atoms with E-state index in [1.807, 2.05) is 0 Å². The summed E-state index contributed by atoms with van der Waals surface area (Å²) < 4.78 is 15.8. The summed E-state index contributed by atoms with van der Waals surface area (Å²) in [6.45, 7) is 3.48. The summed E-state index contributed by atoms with van der Waals surface area (Å²) in [5.74, 6) is -0.453. The Kier molecular flexibility index (Phi) is 5.43. The van der Waals surface area contributed by atoms with Gasteiger partial charge in [-0.2, -0.15) is 0 Å². The van der Waals surface area contributed by atoms with Crippen LogP contribution in [-0.4, -0.2) is 50.6 Å². The normalized spacial score (nSPS) is 15.9. The van der Waals surface area contributed by atoms with Crippen molar-refractivity contribution in [2.24, 2.45) is 0 Å². The predicted octanol–water partition coefficient (Wildman–Crippen LogP) is 1.36. The van der Waals surface area contributed by atoms with Gasteiger partial charge >= 0.3 is 6.03 Å². The molecule has 0 bridgehead atoms. The summed E-state index contributed by atoms with van der Waals surface area (Å²) in [6, 6.07) is 2.44. The van der Waals surface area contributed by atoms with Gasteiger partial charge in [-0.25, -0.2) is 4.79 Å². The second-order valence-electron chi connectivity index (χ2n) is 4.95. The van der Waals surface area contributed by atoms with Gasteiger partial charge in [0.25, 0.3) is 11.8 Å². The van der Waals surface area contributed by atoms with Gasteiger partial charge < -0.3 is 14.2 Å². The molecule has 1 fully saturated rings. The highest BCUT2D eigenvalue weighted by Crippen LogP contribution is 2.40. The lowest BCUT2D eigenvalue weighted by Gasteiger charge is -2.25. The maximum absolute atomic E-state index is 12.4. The number of imide groups is 2. The van der Waals surface area contributed by atoms with Gasteiger partial charge in [0.2, 0.25) is 5.75 Å². The molecule has 1 aromatic carbocycles. The largest absolute Gasteiger partial charge is 0.493 e. The lowest BCUT2D eigenvalue weighted by Crippen LogP contribution is -2.54. The fraction of sp³-hybridized carbons (Fsp3) is 0.235. The van der Waals surface area contributed by atoms with E-state index in [-0.39, 0.29) is 12.1 Å². The van der Waals surface area contributed by atoms with Crippen LogP contribution in [0.4, 0.5) is 4.79 Å². The van der Waals surface area contributed by atoms with E-state index in [1.165, 1.54) is 33.5 Å². The zero-order valence-corrected chi connectivity index (χ0v) is 14.1. The zero-order chi connectivity index (χ0) is 18.6. The van der Waals surface area contributed by atoms with Gasteiger partial charge in [0, 0.05) is 12.1 Å². The van der Waals surface area contributed by atoms with E-state index < -0.39 is 17.8 Å². The number of carbonyl (C=O) groups excluding carboxylic acids is 3. The predicted molar refractivity (Wildman–Crippen MR) is 89.5 cm³/mol. The number of hydrogen-bond donors (Lipinski definition) is 1. The molecule has 4 amide bonds. The third-order valence-corrected chi connectivity index (χ3v) is 3.53. The highest BCUT2D eigenvalue weighted by Gasteiger charge is 2.35. The lowest BCUT2D eigenvalue weighted by molar-refractivity contribution is -0.129. The third-order valence-electron chi connectivity index (χ3n) is 3.53. The molecular formula is C17H18N2O6. The van der Waals surface area contributed by atoms with Gasteiger partial charge in [0.15, 0.2) is 11.5 Å². The molecule has 0 unspecified atom stereocenters. The standard InChI is InChI=1S/C17H18N2O6/c1-5-8-19-16(21)11(15(20)18-17(19)22)9-10-6-7-12(23-2)14(25-4)13(10)24-3/h5-7,9H,1,8H2,2-4H3,(H,18,20,22)/b11-9-. The Hall–Kier alpha value is -3.29. The van der Waals surface area contributed by atoms with E-state index in [1.54, 1.807) is 12.1 Å². The molecule has 1 aliphatic rings.